The second-order valence-corrected chi connectivity index (χ2v) is 3.48. The second kappa shape index (κ2) is 5.78. The van der Waals surface area contributed by atoms with Crippen LogP contribution in [0.25, 0.3) is 0 Å². The summed E-state index contributed by atoms with van der Waals surface area (Å²) in [5, 5.41) is 9.37. The molecule has 14 heavy (non-hydrogen) atoms. The van der Waals surface area contributed by atoms with Gasteiger partial charge in [0.25, 0.3) is 0 Å². The topological polar surface area (TPSA) is 29.5 Å². The van der Waals surface area contributed by atoms with Crippen molar-refractivity contribution in [3.05, 3.63) is 35.9 Å². The SMILES string of the molecule is CC[C@H](OCc1ccccc1)C(C)O. The van der Waals surface area contributed by atoms with Crippen molar-refractivity contribution < 1.29 is 9.84 Å². The first kappa shape index (κ1) is 11.2. The largest absolute Gasteiger partial charge is 0.391 e. The fourth-order valence-corrected chi connectivity index (χ4v) is 1.38. The van der Waals surface area contributed by atoms with Crippen LogP contribution in [0.4, 0.5) is 0 Å². The smallest absolute Gasteiger partial charge is 0.0833 e. The molecule has 0 saturated heterocycles. The molecule has 2 nitrogen and oxygen atoms in total. The number of aliphatic hydroxyl groups excluding tert-OH is 1. The molecule has 0 fully saturated rings. The predicted molar refractivity (Wildman–Crippen MR) is 57.0 cm³/mol. The van der Waals surface area contributed by atoms with Gasteiger partial charge in [-0.3, -0.25) is 0 Å². The zero-order valence-electron chi connectivity index (χ0n) is 8.81. The second-order valence-electron chi connectivity index (χ2n) is 3.48. The van der Waals surface area contributed by atoms with Crippen molar-refractivity contribution >= 4 is 0 Å². The van der Waals surface area contributed by atoms with Crippen molar-refractivity contribution in [1.29, 1.82) is 0 Å². The molecule has 2 atom stereocenters. The molecule has 1 unspecified atom stereocenters. The molecule has 0 aliphatic heterocycles. The minimum absolute atomic E-state index is 0.0600. The van der Waals surface area contributed by atoms with Gasteiger partial charge >= 0.3 is 0 Å². The fourth-order valence-electron chi connectivity index (χ4n) is 1.38. The molecule has 78 valence electrons. The van der Waals surface area contributed by atoms with Crippen LogP contribution in [0.3, 0.4) is 0 Å². The van der Waals surface area contributed by atoms with Crippen LogP contribution in [0.1, 0.15) is 25.8 Å². The average molecular weight is 194 g/mol. The summed E-state index contributed by atoms with van der Waals surface area (Å²) < 4.78 is 5.59. The van der Waals surface area contributed by atoms with E-state index in [1.807, 2.05) is 37.3 Å². The standard InChI is InChI=1S/C12H18O2/c1-3-12(10(2)13)14-9-11-7-5-4-6-8-11/h4-8,10,12-13H,3,9H2,1-2H3/t10?,12-/m0/s1. The Morgan fingerprint density at radius 1 is 1.29 bits per heavy atom. The third-order valence-electron chi connectivity index (χ3n) is 2.25. The number of ether oxygens (including phenoxy) is 1. The summed E-state index contributed by atoms with van der Waals surface area (Å²) in [5.41, 5.74) is 1.15. The highest BCUT2D eigenvalue weighted by atomic mass is 16.5. The Bertz CT molecular complexity index is 244. The summed E-state index contributed by atoms with van der Waals surface area (Å²) in [6, 6.07) is 10.0. The lowest BCUT2D eigenvalue weighted by atomic mass is 10.2. The van der Waals surface area contributed by atoms with Gasteiger partial charge in [0, 0.05) is 0 Å². The van der Waals surface area contributed by atoms with E-state index in [9.17, 15) is 5.11 Å². The summed E-state index contributed by atoms with van der Waals surface area (Å²) in [7, 11) is 0. The number of benzene rings is 1. The average Bonchev–Trinajstić information content (AvgIpc) is 2.20. The van der Waals surface area contributed by atoms with Gasteiger partial charge in [0.1, 0.15) is 0 Å². The van der Waals surface area contributed by atoms with Gasteiger partial charge in [-0.15, -0.1) is 0 Å². The summed E-state index contributed by atoms with van der Waals surface area (Å²) in [4.78, 5) is 0. The van der Waals surface area contributed by atoms with E-state index in [1.165, 1.54) is 0 Å². The highest BCUT2D eigenvalue weighted by Gasteiger charge is 2.12. The maximum absolute atomic E-state index is 9.37. The van der Waals surface area contributed by atoms with E-state index in [-0.39, 0.29) is 6.10 Å². The molecule has 0 aliphatic rings. The van der Waals surface area contributed by atoms with Crippen LogP contribution in [0, 0.1) is 0 Å². The molecule has 0 radical (unpaired) electrons. The van der Waals surface area contributed by atoms with Crippen molar-refractivity contribution in [3.63, 3.8) is 0 Å². The third kappa shape index (κ3) is 3.48. The summed E-state index contributed by atoms with van der Waals surface area (Å²) in [5.74, 6) is 0. The van der Waals surface area contributed by atoms with Crippen LogP contribution < -0.4 is 0 Å². The normalized spacial score (nSPS) is 15.1. The van der Waals surface area contributed by atoms with E-state index < -0.39 is 6.10 Å². The van der Waals surface area contributed by atoms with E-state index in [4.69, 9.17) is 4.74 Å². The maximum atomic E-state index is 9.37. The maximum Gasteiger partial charge on any atom is 0.0833 e. The molecule has 0 amide bonds. The highest BCUT2D eigenvalue weighted by molar-refractivity contribution is 5.13. The first-order valence-corrected chi connectivity index (χ1v) is 5.07. The third-order valence-corrected chi connectivity index (χ3v) is 2.25. The Morgan fingerprint density at radius 3 is 2.43 bits per heavy atom. The van der Waals surface area contributed by atoms with Crippen molar-refractivity contribution in [2.45, 2.75) is 39.1 Å². The molecule has 0 aromatic heterocycles. The quantitative estimate of drug-likeness (QED) is 0.779. The van der Waals surface area contributed by atoms with Gasteiger partial charge in [-0.2, -0.15) is 0 Å². The summed E-state index contributed by atoms with van der Waals surface area (Å²) in [6.45, 7) is 4.35. The Morgan fingerprint density at radius 2 is 1.93 bits per heavy atom. The molecule has 2 heteroatoms. The minimum Gasteiger partial charge on any atom is -0.391 e. The van der Waals surface area contributed by atoms with Gasteiger partial charge in [0.05, 0.1) is 18.8 Å². The molecule has 0 bridgehead atoms. The lowest BCUT2D eigenvalue weighted by molar-refractivity contribution is -0.0395. The molecule has 0 saturated carbocycles. The van der Waals surface area contributed by atoms with Gasteiger partial charge < -0.3 is 9.84 Å². The van der Waals surface area contributed by atoms with Crippen molar-refractivity contribution in [2.24, 2.45) is 0 Å². The molecular formula is C12H18O2. The van der Waals surface area contributed by atoms with Gasteiger partial charge in [-0.05, 0) is 18.9 Å². The molecule has 1 rings (SSSR count). The Labute approximate surface area is 85.5 Å². The first-order chi connectivity index (χ1) is 6.74. The van der Waals surface area contributed by atoms with Gasteiger partial charge in [0.15, 0.2) is 0 Å². The number of hydrogen-bond acceptors (Lipinski definition) is 2. The monoisotopic (exact) mass is 194 g/mol. The number of aliphatic hydroxyl groups is 1. The number of rotatable bonds is 5. The van der Waals surface area contributed by atoms with Crippen LogP contribution in [-0.2, 0) is 11.3 Å². The van der Waals surface area contributed by atoms with E-state index in [0.717, 1.165) is 12.0 Å². The molecular weight excluding hydrogens is 176 g/mol. The predicted octanol–water partition coefficient (Wildman–Crippen LogP) is 2.36. The van der Waals surface area contributed by atoms with E-state index >= 15 is 0 Å². The van der Waals surface area contributed by atoms with Crippen molar-refractivity contribution in [1.82, 2.24) is 0 Å². The minimum atomic E-state index is -0.399. The van der Waals surface area contributed by atoms with Crippen LogP contribution in [0.15, 0.2) is 30.3 Å². The van der Waals surface area contributed by atoms with Crippen LogP contribution in [0.2, 0.25) is 0 Å². The zero-order chi connectivity index (χ0) is 10.4. The van der Waals surface area contributed by atoms with Crippen LogP contribution in [0.5, 0.6) is 0 Å². The lowest BCUT2D eigenvalue weighted by Crippen LogP contribution is -2.25. The molecule has 1 N–H and O–H groups in total. The zero-order valence-corrected chi connectivity index (χ0v) is 8.81. The lowest BCUT2D eigenvalue weighted by Gasteiger charge is -2.18. The summed E-state index contributed by atoms with van der Waals surface area (Å²) in [6.07, 6.45) is 0.378. The van der Waals surface area contributed by atoms with E-state index in [2.05, 4.69) is 0 Å². The highest BCUT2D eigenvalue weighted by Crippen LogP contribution is 2.08. The molecule has 1 aromatic rings. The molecule has 0 spiro atoms. The van der Waals surface area contributed by atoms with Crippen molar-refractivity contribution in [3.8, 4) is 0 Å². The van der Waals surface area contributed by atoms with Crippen LogP contribution >= 0.6 is 0 Å². The Kier molecular flexibility index (Phi) is 4.63. The van der Waals surface area contributed by atoms with Gasteiger partial charge in [-0.25, -0.2) is 0 Å². The summed E-state index contributed by atoms with van der Waals surface area (Å²) >= 11 is 0. The van der Waals surface area contributed by atoms with E-state index in [0.29, 0.717) is 6.61 Å². The Balaban J connectivity index is 2.40. The van der Waals surface area contributed by atoms with Crippen LogP contribution in [-0.4, -0.2) is 17.3 Å². The Hall–Kier alpha value is -0.860. The molecule has 0 aliphatic carbocycles. The fraction of sp³-hybridized carbons (Fsp3) is 0.500. The van der Waals surface area contributed by atoms with Gasteiger partial charge in [0.2, 0.25) is 0 Å². The molecule has 0 heterocycles. The van der Waals surface area contributed by atoms with Gasteiger partial charge in [-0.1, -0.05) is 37.3 Å². The first-order valence-electron chi connectivity index (χ1n) is 5.07. The van der Waals surface area contributed by atoms with Crippen molar-refractivity contribution in [2.75, 3.05) is 0 Å². The van der Waals surface area contributed by atoms with E-state index in [1.54, 1.807) is 6.92 Å². The molecule has 1 aromatic carbocycles. The number of hydrogen-bond donors (Lipinski definition) is 1.